The molecule has 0 atom stereocenters. The Bertz CT molecular complexity index is 1010. The van der Waals surface area contributed by atoms with E-state index in [-0.39, 0.29) is 71.8 Å². The second-order valence-corrected chi connectivity index (χ2v) is 7.73. The van der Waals surface area contributed by atoms with Gasteiger partial charge in [-0.2, -0.15) is 6.92 Å². The molecule has 4 aromatic rings. The molecule has 0 unspecified atom stereocenters. The summed E-state index contributed by atoms with van der Waals surface area (Å²) in [6.07, 6.45) is 11.2. The van der Waals surface area contributed by atoms with Crippen molar-refractivity contribution in [2.45, 2.75) is 48.5 Å². The van der Waals surface area contributed by atoms with E-state index in [1.165, 1.54) is 46.2 Å². The third-order valence-corrected chi connectivity index (χ3v) is 5.19. The fraction of sp³-hybridized carbons (Fsp3) is 0.189. The van der Waals surface area contributed by atoms with Gasteiger partial charge in [0.2, 0.25) is 0 Å². The fourth-order valence-electron chi connectivity index (χ4n) is 3.09. The molecule has 4 aromatic carbocycles. The minimum Gasteiger partial charge on any atom is -0.358 e. The van der Waals surface area contributed by atoms with Crippen LogP contribution in [0.1, 0.15) is 70.7 Å². The maximum atomic E-state index is 3.25. The van der Waals surface area contributed by atoms with E-state index in [1.54, 1.807) is 6.92 Å². The first-order valence-electron chi connectivity index (χ1n) is 12.2. The van der Waals surface area contributed by atoms with Crippen LogP contribution in [0.5, 0.6) is 0 Å². The van der Waals surface area contributed by atoms with Crippen molar-refractivity contribution in [3.05, 3.63) is 146 Å². The number of hydrogen-bond donors (Lipinski definition) is 0. The summed E-state index contributed by atoms with van der Waals surface area (Å²) < 4.78 is 0. The number of hydrogen-bond acceptors (Lipinski definition) is 0. The molecule has 0 N–H and O–H groups in total. The van der Waals surface area contributed by atoms with Gasteiger partial charge >= 0.3 is 0 Å². The molecule has 4 rings (SSSR count). The summed E-state index contributed by atoms with van der Waals surface area (Å²) in [5.41, 5.74) is 7.30. The van der Waals surface area contributed by atoms with E-state index in [2.05, 4.69) is 142 Å². The first-order valence-corrected chi connectivity index (χ1v) is 12.2. The third-order valence-electron chi connectivity index (χ3n) is 5.19. The summed E-state index contributed by atoms with van der Waals surface area (Å²) in [6.45, 7) is 9.36. The second kappa shape index (κ2) is 29.6. The van der Waals surface area contributed by atoms with Crippen LogP contribution in [0.2, 0.25) is 0 Å². The van der Waals surface area contributed by atoms with E-state index in [4.69, 9.17) is 0 Å². The first-order chi connectivity index (χ1) is 16.8. The van der Waals surface area contributed by atoms with E-state index < -0.39 is 0 Å². The predicted molar refractivity (Wildman–Crippen MR) is 186 cm³/mol. The SMILES string of the molecule is C.C.C(=C\c1ccc(-c2ccc(/C=C/c3ccccc3)cc2)cc1)/c1ccccc1.CCCC.[B].[B].[CH2-]C.[CH3-].[Y]. The van der Waals surface area contributed by atoms with Gasteiger partial charge in [0.25, 0.3) is 0 Å². The normalized spacial score (nSPS) is 8.80. The van der Waals surface area contributed by atoms with Crippen LogP contribution in [0.25, 0.3) is 35.4 Å². The van der Waals surface area contributed by atoms with Crippen LogP contribution in [0.3, 0.4) is 0 Å². The molecule has 0 saturated heterocycles. The van der Waals surface area contributed by atoms with Crippen molar-refractivity contribution in [3.8, 4) is 11.1 Å². The van der Waals surface area contributed by atoms with E-state index >= 15 is 0 Å². The maximum Gasteiger partial charge on any atom is 0 e. The van der Waals surface area contributed by atoms with Crippen molar-refractivity contribution in [2.24, 2.45) is 0 Å². The zero-order valence-corrected chi connectivity index (χ0v) is 26.4. The zero-order valence-electron chi connectivity index (χ0n) is 23.6. The van der Waals surface area contributed by atoms with Crippen molar-refractivity contribution in [3.63, 3.8) is 0 Å². The Labute approximate surface area is 277 Å². The molecule has 40 heavy (non-hydrogen) atoms. The van der Waals surface area contributed by atoms with Crippen molar-refractivity contribution < 1.29 is 32.7 Å². The zero-order chi connectivity index (χ0) is 24.4. The molecule has 0 amide bonds. The molecular formula is C37H48B2Y-2. The number of benzene rings is 4. The Kier molecular flexibility index (Phi) is 35.0. The summed E-state index contributed by atoms with van der Waals surface area (Å²) in [7, 11) is 0. The van der Waals surface area contributed by atoms with Crippen LogP contribution >= 0.6 is 0 Å². The Balaban J connectivity index is -0.000000314. The largest absolute Gasteiger partial charge is 0.358 e. The summed E-state index contributed by atoms with van der Waals surface area (Å²) in [5, 5.41) is 0. The Hall–Kier alpha value is -2.41. The van der Waals surface area contributed by atoms with Crippen LogP contribution in [0.4, 0.5) is 0 Å². The van der Waals surface area contributed by atoms with Crippen LogP contribution in [-0.2, 0) is 32.7 Å². The van der Waals surface area contributed by atoms with Gasteiger partial charge in [-0.05, 0) is 33.4 Å². The van der Waals surface area contributed by atoms with Crippen molar-refractivity contribution in [1.82, 2.24) is 0 Å². The van der Waals surface area contributed by atoms with Gasteiger partial charge in [0.15, 0.2) is 0 Å². The third kappa shape index (κ3) is 18.0. The van der Waals surface area contributed by atoms with Crippen LogP contribution in [-0.4, -0.2) is 16.8 Å². The van der Waals surface area contributed by atoms with Gasteiger partial charge in [0.05, 0.1) is 0 Å². The van der Waals surface area contributed by atoms with E-state index in [1.807, 2.05) is 12.1 Å². The molecule has 0 bridgehead atoms. The molecule has 207 valence electrons. The maximum absolute atomic E-state index is 3.25. The number of rotatable bonds is 6. The first kappa shape index (κ1) is 47.4. The molecule has 0 heterocycles. The summed E-state index contributed by atoms with van der Waals surface area (Å²) >= 11 is 0. The van der Waals surface area contributed by atoms with Crippen molar-refractivity contribution >= 4 is 41.1 Å². The van der Waals surface area contributed by atoms with Crippen LogP contribution in [0, 0.1) is 14.4 Å². The smallest absolute Gasteiger partial charge is 0 e. The molecule has 0 nitrogen and oxygen atoms in total. The van der Waals surface area contributed by atoms with Gasteiger partial charge in [-0.1, -0.05) is 175 Å². The van der Waals surface area contributed by atoms with Gasteiger partial charge in [-0.3, -0.25) is 0 Å². The fourth-order valence-corrected chi connectivity index (χ4v) is 3.09. The molecule has 3 heteroatoms. The van der Waals surface area contributed by atoms with Crippen LogP contribution in [0.15, 0.2) is 109 Å². The molecular weight excluding hydrogens is 555 g/mol. The predicted octanol–water partition coefficient (Wildman–Crippen LogP) is 11.3. The molecule has 0 aliphatic heterocycles. The van der Waals surface area contributed by atoms with Gasteiger partial charge in [0.1, 0.15) is 0 Å². The van der Waals surface area contributed by atoms with Gasteiger partial charge in [-0.25, -0.2) is 0 Å². The van der Waals surface area contributed by atoms with Gasteiger partial charge in [-0.15, -0.1) is 0 Å². The van der Waals surface area contributed by atoms with Crippen molar-refractivity contribution in [1.29, 1.82) is 0 Å². The standard InChI is InChI=1S/C28H22.C4H10.C2H5.2CH4.CH3.2B.Y/c1-3-7-23(8-4-1)11-13-25-15-19-27(20-16-25)28-21-17-26(18-22-28)14-12-24-9-5-2-6-10-24;1-3-4-2;1-2;;;;;;/h1-22H;3-4H2,1-2H3;1H2,2H3;2*1H4;1H3;;;/q;;-1;;;-1;;;/b13-11+,14-12+;;;;;;;;. The molecule has 0 aromatic heterocycles. The molecule has 0 aliphatic rings. The van der Waals surface area contributed by atoms with Gasteiger partial charge < -0.3 is 14.4 Å². The van der Waals surface area contributed by atoms with E-state index in [9.17, 15) is 0 Å². The summed E-state index contributed by atoms with van der Waals surface area (Å²) in [6, 6.07) is 38.1. The van der Waals surface area contributed by atoms with E-state index in [0.717, 1.165) is 0 Å². The molecule has 0 aliphatic carbocycles. The Morgan fingerprint density at radius 2 is 0.675 bits per heavy atom. The Morgan fingerprint density at radius 1 is 0.450 bits per heavy atom. The summed E-state index contributed by atoms with van der Waals surface area (Å²) in [4.78, 5) is 0. The minimum atomic E-state index is 0. The quantitative estimate of drug-likeness (QED) is 0.117. The summed E-state index contributed by atoms with van der Waals surface area (Å²) in [5.74, 6) is 0. The average molecular weight is 603 g/mol. The average Bonchev–Trinajstić information content (AvgIpc) is 2.94. The monoisotopic (exact) mass is 603 g/mol. The van der Waals surface area contributed by atoms with Crippen LogP contribution < -0.4 is 0 Å². The van der Waals surface area contributed by atoms with Gasteiger partial charge in [0, 0.05) is 49.5 Å². The minimum absolute atomic E-state index is 0. The number of unbranched alkanes of at least 4 members (excludes halogenated alkanes) is 1. The van der Waals surface area contributed by atoms with E-state index in [0.29, 0.717) is 0 Å². The molecule has 0 fully saturated rings. The molecule has 0 saturated carbocycles. The molecule has 7 radical (unpaired) electrons. The topological polar surface area (TPSA) is 0 Å². The second-order valence-electron chi connectivity index (χ2n) is 7.73. The Morgan fingerprint density at radius 3 is 0.900 bits per heavy atom. The molecule has 0 spiro atoms. The van der Waals surface area contributed by atoms with Crippen molar-refractivity contribution in [2.75, 3.05) is 0 Å².